The fraction of sp³-hybridized carbons (Fsp3) is 0.308. The first kappa shape index (κ1) is 14.0. The van der Waals surface area contributed by atoms with Crippen LogP contribution in [0.15, 0.2) is 24.3 Å². The molecule has 1 aliphatic heterocycles. The van der Waals surface area contributed by atoms with Crippen molar-refractivity contribution in [3.63, 3.8) is 0 Å². The maximum absolute atomic E-state index is 12.0. The molecule has 0 saturated carbocycles. The summed E-state index contributed by atoms with van der Waals surface area (Å²) in [5.74, 6) is -1.00. The molecule has 1 heterocycles. The van der Waals surface area contributed by atoms with Crippen molar-refractivity contribution in [3.8, 4) is 0 Å². The number of amides is 3. The topological polar surface area (TPSA) is 102 Å². The standard InChI is InChI=1S/C13H15N3O4/c1-20-12(18)10-6-11(17)16(10)13(19)15-9-4-2-8(7-14)3-5-9/h2-5,10H,6-7,14H2,1H3,(H,15,19)/t10-/m0/s1. The molecule has 1 atom stereocenters. The Kier molecular flexibility index (Phi) is 3.99. The van der Waals surface area contributed by atoms with Crippen LogP contribution < -0.4 is 11.1 Å². The molecule has 2 rings (SSSR count). The lowest BCUT2D eigenvalue weighted by molar-refractivity contribution is -0.159. The molecular weight excluding hydrogens is 262 g/mol. The maximum atomic E-state index is 12.0. The Balaban J connectivity index is 2.03. The number of nitrogens with zero attached hydrogens (tertiary/aromatic N) is 1. The van der Waals surface area contributed by atoms with Crippen molar-refractivity contribution < 1.29 is 19.1 Å². The van der Waals surface area contributed by atoms with Gasteiger partial charge in [0.25, 0.3) is 0 Å². The molecule has 20 heavy (non-hydrogen) atoms. The van der Waals surface area contributed by atoms with E-state index in [1.54, 1.807) is 24.3 Å². The fourth-order valence-electron chi connectivity index (χ4n) is 1.90. The van der Waals surface area contributed by atoms with Crippen molar-refractivity contribution in [1.82, 2.24) is 4.90 Å². The Bertz CT molecular complexity index is 541. The van der Waals surface area contributed by atoms with E-state index in [-0.39, 0.29) is 6.42 Å². The zero-order chi connectivity index (χ0) is 14.7. The first-order valence-electron chi connectivity index (χ1n) is 6.06. The summed E-state index contributed by atoms with van der Waals surface area (Å²) in [5.41, 5.74) is 6.92. The summed E-state index contributed by atoms with van der Waals surface area (Å²) < 4.78 is 4.54. The van der Waals surface area contributed by atoms with Gasteiger partial charge in [0.15, 0.2) is 0 Å². The monoisotopic (exact) mass is 277 g/mol. The van der Waals surface area contributed by atoms with Gasteiger partial charge in [-0.1, -0.05) is 12.1 Å². The molecule has 3 amide bonds. The highest BCUT2D eigenvalue weighted by molar-refractivity contribution is 6.09. The Morgan fingerprint density at radius 2 is 2.05 bits per heavy atom. The van der Waals surface area contributed by atoms with Gasteiger partial charge in [0, 0.05) is 12.2 Å². The molecule has 7 nitrogen and oxygen atoms in total. The number of benzene rings is 1. The van der Waals surface area contributed by atoms with Crippen LogP contribution in [-0.4, -0.2) is 36.0 Å². The highest BCUT2D eigenvalue weighted by Gasteiger charge is 2.46. The van der Waals surface area contributed by atoms with E-state index in [9.17, 15) is 14.4 Å². The molecule has 1 aromatic carbocycles. The zero-order valence-electron chi connectivity index (χ0n) is 11.0. The molecule has 0 unspecified atom stereocenters. The number of imide groups is 1. The summed E-state index contributed by atoms with van der Waals surface area (Å²) in [6.07, 6.45) is -0.00773. The lowest BCUT2D eigenvalue weighted by atomic mass is 10.0. The molecular formula is C13H15N3O4. The van der Waals surface area contributed by atoms with Crippen LogP contribution >= 0.6 is 0 Å². The molecule has 0 radical (unpaired) electrons. The summed E-state index contributed by atoms with van der Waals surface area (Å²) in [7, 11) is 1.22. The molecule has 3 N–H and O–H groups in total. The lowest BCUT2D eigenvalue weighted by Gasteiger charge is -2.36. The van der Waals surface area contributed by atoms with Crippen LogP contribution in [0.5, 0.6) is 0 Å². The summed E-state index contributed by atoms with van der Waals surface area (Å²) in [4.78, 5) is 35.6. The first-order valence-corrected chi connectivity index (χ1v) is 6.06. The third-order valence-corrected chi connectivity index (χ3v) is 3.08. The van der Waals surface area contributed by atoms with Crippen LogP contribution in [0.2, 0.25) is 0 Å². The summed E-state index contributed by atoms with van der Waals surface area (Å²) in [6, 6.07) is 5.42. The number of ether oxygens (including phenoxy) is 1. The minimum absolute atomic E-state index is 0.00773. The van der Waals surface area contributed by atoms with Crippen LogP contribution in [-0.2, 0) is 20.9 Å². The number of hydrogen-bond donors (Lipinski definition) is 2. The number of anilines is 1. The van der Waals surface area contributed by atoms with Gasteiger partial charge in [-0.3, -0.25) is 4.79 Å². The number of hydrogen-bond acceptors (Lipinski definition) is 5. The van der Waals surface area contributed by atoms with Crippen molar-refractivity contribution in [2.45, 2.75) is 19.0 Å². The van der Waals surface area contributed by atoms with Crippen molar-refractivity contribution >= 4 is 23.6 Å². The highest BCUT2D eigenvalue weighted by atomic mass is 16.5. The van der Waals surface area contributed by atoms with Gasteiger partial charge in [0.05, 0.1) is 13.5 Å². The molecule has 7 heteroatoms. The number of carbonyl (C=O) groups is 3. The molecule has 0 aliphatic carbocycles. The van der Waals surface area contributed by atoms with Gasteiger partial charge in [-0.15, -0.1) is 0 Å². The Morgan fingerprint density at radius 1 is 1.40 bits per heavy atom. The number of urea groups is 1. The van der Waals surface area contributed by atoms with Gasteiger partial charge in [0.2, 0.25) is 5.91 Å². The first-order chi connectivity index (χ1) is 9.56. The minimum atomic E-state index is -0.837. The molecule has 1 aromatic rings. The van der Waals surface area contributed by atoms with Crippen molar-refractivity contribution in [1.29, 1.82) is 0 Å². The largest absolute Gasteiger partial charge is 0.467 e. The van der Waals surface area contributed by atoms with E-state index in [0.29, 0.717) is 12.2 Å². The Hall–Kier alpha value is -2.41. The molecule has 0 spiro atoms. The highest BCUT2D eigenvalue weighted by Crippen LogP contribution is 2.22. The number of β-lactam (4-membered cyclic amide) rings is 1. The average Bonchev–Trinajstić information content (AvgIpc) is 2.44. The van der Waals surface area contributed by atoms with Gasteiger partial charge in [-0.2, -0.15) is 0 Å². The lowest BCUT2D eigenvalue weighted by Crippen LogP contribution is -2.60. The van der Waals surface area contributed by atoms with E-state index in [1.165, 1.54) is 7.11 Å². The molecule has 1 saturated heterocycles. The molecule has 0 aromatic heterocycles. The van der Waals surface area contributed by atoms with E-state index in [4.69, 9.17) is 5.73 Å². The van der Waals surface area contributed by atoms with Gasteiger partial charge < -0.3 is 15.8 Å². The number of methoxy groups -OCH3 is 1. The molecule has 0 bridgehead atoms. The van der Waals surface area contributed by atoms with Crippen molar-refractivity contribution in [2.75, 3.05) is 12.4 Å². The van der Waals surface area contributed by atoms with E-state index in [1.807, 2.05) is 0 Å². The normalized spacial score (nSPS) is 17.4. The number of nitrogens with one attached hydrogen (secondary N) is 1. The Labute approximate surface area is 115 Å². The number of nitrogens with two attached hydrogens (primary N) is 1. The number of esters is 1. The van der Waals surface area contributed by atoms with E-state index in [0.717, 1.165) is 10.5 Å². The van der Waals surface area contributed by atoms with Crippen LogP contribution in [0.3, 0.4) is 0 Å². The molecule has 1 aliphatic rings. The van der Waals surface area contributed by atoms with Crippen LogP contribution in [0, 0.1) is 0 Å². The second-order valence-electron chi connectivity index (χ2n) is 4.34. The van der Waals surface area contributed by atoms with Crippen molar-refractivity contribution in [3.05, 3.63) is 29.8 Å². The van der Waals surface area contributed by atoms with Crippen LogP contribution in [0.25, 0.3) is 0 Å². The van der Waals surface area contributed by atoms with Gasteiger partial charge in [-0.05, 0) is 17.7 Å². The maximum Gasteiger partial charge on any atom is 0.329 e. The third kappa shape index (κ3) is 2.62. The summed E-state index contributed by atoms with van der Waals surface area (Å²) in [6.45, 7) is 0.406. The van der Waals surface area contributed by atoms with E-state index in [2.05, 4.69) is 10.1 Å². The molecule has 106 valence electrons. The number of likely N-dealkylation sites (tertiary alicyclic amines) is 1. The predicted molar refractivity (Wildman–Crippen MR) is 70.6 cm³/mol. The average molecular weight is 277 g/mol. The van der Waals surface area contributed by atoms with Crippen molar-refractivity contribution in [2.24, 2.45) is 5.73 Å². The van der Waals surface area contributed by atoms with E-state index < -0.39 is 23.9 Å². The number of carbonyl (C=O) groups excluding carboxylic acids is 3. The number of rotatable bonds is 3. The second-order valence-corrected chi connectivity index (χ2v) is 4.34. The van der Waals surface area contributed by atoms with Crippen LogP contribution in [0.1, 0.15) is 12.0 Å². The second kappa shape index (κ2) is 5.70. The fourth-order valence-corrected chi connectivity index (χ4v) is 1.90. The van der Waals surface area contributed by atoms with E-state index >= 15 is 0 Å². The predicted octanol–water partition coefficient (Wildman–Crippen LogP) is 0.451. The SMILES string of the molecule is COC(=O)[C@@H]1CC(=O)N1C(=O)Nc1ccc(CN)cc1. The zero-order valence-corrected chi connectivity index (χ0v) is 11.0. The summed E-state index contributed by atoms with van der Waals surface area (Å²) >= 11 is 0. The quantitative estimate of drug-likeness (QED) is 0.617. The molecule has 1 fully saturated rings. The van der Waals surface area contributed by atoms with Gasteiger partial charge in [-0.25, -0.2) is 14.5 Å². The van der Waals surface area contributed by atoms with Crippen LogP contribution in [0.4, 0.5) is 10.5 Å². The minimum Gasteiger partial charge on any atom is -0.467 e. The van der Waals surface area contributed by atoms with Gasteiger partial charge in [0.1, 0.15) is 6.04 Å². The van der Waals surface area contributed by atoms with Gasteiger partial charge >= 0.3 is 12.0 Å². The summed E-state index contributed by atoms with van der Waals surface area (Å²) in [5, 5.41) is 2.55. The third-order valence-electron chi connectivity index (χ3n) is 3.08. The smallest absolute Gasteiger partial charge is 0.329 e. The Morgan fingerprint density at radius 3 is 2.55 bits per heavy atom.